The molecule has 6 heteroatoms. The average molecular weight is 324 g/mol. The van der Waals surface area contributed by atoms with Gasteiger partial charge in [0.05, 0.1) is 26.4 Å². The second kappa shape index (κ2) is 8.53. The van der Waals surface area contributed by atoms with E-state index in [9.17, 15) is 4.79 Å². The molecule has 1 atom stereocenters. The lowest BCUT2D eigenvalue weighted by atomic mass is 9.89. The lowest BCUT2D eigenvalue weighted by Gasteiger charge is -2.30. The van der Waals surface area contributed by atoms with Crippen molar-refractivity contribution in [2.24, 2.45) is 5.73 Å². The molecular formula is C16H24N2O3S. The predicted molar refractivity (Wildman–Crippen MR) is 88.3 cm³/mol. The van der Waals surface area contributed by atoms with Crippen LogP contribution in [-0.2, 0) is 20.1 Å². The summed E-state index contributed by atoms with van der Waals surface area (Å²) in [5.41, 5.74) is 8.21. The summed E-state index contributed by atoms with van der Waals surface area (Å²) < 4.78 is 12.0. The molecule has 2 N–H and O–H groups in total. The van der Waals surface area contributed by atoms with Gasteiger partial charge in [-0.05, 0) is 36.3 Å². The molecular weight excluding hydrogens is 300 g/mol. The zero-order valence-electron chi connectivity index (χ0n) is 13.2. The van der Waals surface area contributed by atoms with E-state index in [0.717, 1.165) is 31.5 Å². The molecule has 1 saturated heterocycles. The Kier molecular flexibility index (Phi) is 6.70. The van der Waals surface area contributed by atoms with Crippen LogP contribution in [0.25, 0.3) is 0 Å². The van der Waals surface area contributed by atoms with Crippen LogP contribution < -0.4 is 5.73 Å². The fourth-order valence-electron chi connectivity index (χ4n) is 2.78. The third kappa shape index (κ3) is 4.71. The molecule has 1 heterocycles. The molecule has 1 aromatic rings. The second-order valence-electron chi connectivity index (χ2n) is 5.52. The summed E-state index contributed by atoms with van der Waals surface area (Å²) in [6.45, 7) is 2.08. The number of hydrogen-bond acceptors (Lipinski definition) is 6. The average Bonchev–Trinajstić information content (AvgIpc) is 2.56. The van der Waals surface area contributed by atoms with Crippen molar-refractivity contribution in [3.05, 3.63) is 35.4 Å². The monoisotopic (exact) mass is 324 g/mol. The lowest BCUT2D eigenvalue weighted by molar-refractivity contribution is -0.142. The van der Waals surface area contributed by atoms with Gasteiger partial charge in [0.1, 0.15) is 6.04 Å². The van der Waals surface area contributed by atoms with Gasteiger partial charge in [-0.2, -0.15) is 0 Å². The third-order valence-corrected chi connectivity index (χ3v) is 4.77. The number of ether oxygens (including phenoxy) is 1. The number of nitrogens with two attached hydrogens (primary N) is 1. The van der Waals surface area contributed by atoms with E-state index < -0.39 is 6.04 Å². The van der Waals surface area contributed by atoms with Crippen LogP contribution in [0.1, 0.15) is 29.9 Å². The largest absolute Gasteiger partial charge is 0.468 e. The maximum absolute atomic E-state index is 11.4. The number of esters is 1. The van der Waals surface area contributed by atoms with Gasteiger partial charge in [0, 0.05) is 13.1 Å². The van der Waals surface area contributed by atoms with Gasteiger partial charge >= 0.3 is 5.97 Å². The van der Waals surface area contributed by atoms with Crippen molar-refractivity contribution in [3.8, 4) is 0 Å². The van der Waals surface area contributed by atoms with Gasteiger partial charge in [0.15, 0.2) is 0 Å². The molecule has 0 saturated carbocycles. The van der Waals surface area contributed by atoms with Gasteiger partial charge in [-0.25, -0.2) is 4.31 Å². The first-order valence-electron chi connectivity index (χ1n) is 7.52. The number of methoxy groups -OCH3 is 1. The molecule has 0 spiro atoms. The second-order valence-corrected chi connectivity index (χ2v) is 6.52. The van der Waals surface area contributed by atoms with Crippen LogP contribution in [-0.4, -0.2) is 43.6 Å². The van der Waals surface area contributed by atoms with Crippen molar-refractivity contribution < 1.29 is 13.7 Å². The Morgan fingerprint density at radius 2 is 1.95 bits per heavy atom. The van der Waals surface area contributed by atoms with Crippen molar-refractivity contribution >= 4 is 18.2 Å². The van der Waals surface area contributed by atoms with E-state index >= 15 is 0 Å². The molecule has 22 heavy (non-hydrogen) atoms. The van der Waals surface area contributed by atoms with Gasteiger partial charge < -0.3 is 14.7 Å². The Balaban J connectivity index is 1.88. The van der Waals surface area contributed by atoms with Gasteiger partial charge in [-0.15, -0.1) is 0 Å². The summed E-state index contributed by atoms with van der Waals surface area (Å²) in [6, 6.07) is 7.85. The van der Waals surface area contributed by atoms with Crippen LogP contribution in [0.4, 0.5) is 0 Å². The van der Waals surface area contributed by atoms with E-state index in [1.54, 1.807) is 7.11 Å². The van der Waals surface area contributed by atoms with Crippen LogP contribution in [0.3, 0.4) is 0 Å². The van der Waals surface area contributed by atoms with Crippen LogP contribution in [0.15, 0.2) is 24.3 Å². The highest BCUT2D eigenvalue weighted by molar-refractivity contribution is 7.92. The molecule has 122 valence electrons. The Morgan fingerprint density at radius 3 is 2.50 bits per heavy atom. The summed E-state index contributed by atoms with van der Waals surface area (Å²) in [5.74, 6) is 0.226. The molecule has 0 aliphatic carbocycles. The van der Waals surface area contributed by atoms with E-state index in [0.29, 0.717) is 12.3 Å². The number of piperidine rings is 1. The number of hydrogen-bond donors (Lipinski definition) is 1. The van der Waals surface area contributed by atoms with E-state index in [1.165, 1.54) is 24.9 Å². The van der Waals surface area contributed by atoms with Gasteiger partial charge in [-0.1, -0.05) is 24.3 Å². The minimum atomic E-state index is -0.592. The standard InChI is InChI=1S/C16H24N2O3S/c1-20-16(19)15(17)11-12-3-5-13(6-4-12)14-7-9-18(10-8-14)22-21-2/h3-6,14-15H,7-11,17H2,1-2H3. The minimum Gasteiger partial charge on any atom is -0.468 e. The highest BCUT2D eigenvalue weighted by Crippen LogP contribution is 2.30. The van der Waals surface area contributed by atoms with Crippen molar-refractivity contribution in [3.63, 3.8) is 0 Å². The van der Waals surface area contributed by atoms with Gasteiger partial charge in [0.2, 0.25) is 0 Å². The zero-order chi connectivity index (χ0) is 15.9. The van der Waals surface area contributed by atoms with Crippen molar-refractivity contribution in [1.82, 2.24) is 4.31 Å². The molecule has 1 aliphatic heterocycles. The number of benzene rings is 1. The smallest absolute Gasteiger partial charge is 0.322 e. The van der Waals surface area contributed by atoms with Gasteiger partial charge in [0.25, 0.3) is 0 Å². The normalized spacial score (nSPS) is 18.1. The third-order valence-electron chi connectivity index (χ3n) is 4.04. The first kappa shape index (κ1) is 17.3. The maximum Gasteiger partial charge on any atom is 0.322 e. The van der Waals surface area contributed by atoms with Crippen LogP contribution in [0.5, 0.6) is 0 Å². The number of carbonyl (C=O) groups excluding carboxylic acids is 1. The van der Waals surface area contributed by atoms with E-state index in [-0.39, 0.29) is 5.97 Å². The highest BCUT2D eigenvalue weighted by Gasteiger charge is 2.21. The summed E-state index contributed by atoms with van der Waals surface area (Å²) in [4.78, 5) is 11.4. The molecule has 1 fully saturated rings. The molecule has 0 amide bonds. The van der Waals surface area contributed by atoms with Crippen LogP contribution in [0, 0.1) is 0 Å². The molecule has 2 rings (SSSR count). The molecule has 5 nitrogen and oxygen atoms in total. The zero-order valence-corrected chi connectivity index (χ0v) is 14.0. The summed E-state index contributed by atoms with van der Waals surface area (Å²) >= 11 is 1.44. The predicted octanol–water partition coefficient (Wildman–Crippen LogP) is 2.12. The summed E-state index contributed by atoms with van der Waals surface area (Å²) in [6.07, 6.45) is 2.78. The Morgan fingerprint density at radius 1 is 1.32 bits per heavy atom. The quantitative estimate of drug-likeness (QED) is 0.491. The molecule has 1 aromatic carbocycles. The van der Waals surface area contributed by atoms with Crippen molar-refractivity contribution in [2.45, 2.75) is 31.2 Å². The fraction of sp³-hybridized carbons (Fsp3) is 0.562. The summed E-state index contributed by atoms with van der Waals surface area (Å²) in [7, 11) is 3.06. The Bertz CT molecular complexity index is 473. The fourth-order valence-corrected chi connectivity index (χ4v) is 3.35. The number of carbonyl (C=O) groups is 1. The van der Waals surface area contributed by atoms with Crippen LogP contribution >= 0.6 is 12.2 Å². The Hall–Kier alpha value is -1.08. The number of nitrogens with zero attached hydrogens (tertiary/aromatic N) is 1. The molecule has 1 aliphatic rings. The highest BCUT2D eigenvalue weighted by atomic mass is 32.2. The molecule has 1 unspecified atom stereocenters. The Labute approximate surface area is 136 Å². The minimum absolute atomic E-state index is 0.368. The molecule has 0 bridgehead atoms. The van der Waals surface area contributed by atoms with E-state index in [4.69, 9.17) is 9.92 Å². The SMILES string of the molecule is COSN1CCC(c2ccc(CC(N)C(=O)OC)cc2)CC1. The number of rotatable bonds is 6. The first-order chi connectivity index (χ1) is 10.6. The van der Waals surface area contributed by atoms with E-state index in [1.807, 2.05) is 0 Å². The van der Waals surface area contributed by atoms with Gasteiger partial charge in [-0.3, -0.25) is 4.79 Å². The lowest BCUT2D eigenvalue weighted by Crippen LogP contribution is -2.33. The van der Waals surface area contributed by atoms with Crippen molar-refractivity contribution in [2.75, 3.05) is 27.3 Å². The van der Waals surface area contributed by atoms with E-state index in [2.05, 4.69) is 33.3 Å². The summed E-state index contributed by atoms with van der Waals surface area (Å²) in [5, 5.41) is 0. The first-order valence-corrected chi connectivity index (χ1v) is 8.22. The van der Waals surface area contributed by atoms with Crippen molar-refractivity contribution in [1.29, 1.82) is 0 Å². The molecule has 0 radical (unpaired) electrons. The maximum atomic E-state index is 11.4. The molecule has 0 aromatic heterocycles. The topological polar surface area (TPSA) is 64.8 Å². The van der Waals surface area contributed by atoms with Crippen LogP contribution in [0.2, 0.25) is 0 Å².